The second kappa shape index (κ2) is 5.93. The van der Waals surface area contributed by atoms with Gasteiger partial charge in [-0.3, -0.25) is 0 Å². The van der Waals surface area contributed by atoms with Crippen LogP contribution in [0.2, 0.25) is 0 Å². The van der Waals surface area contributed by atoms with Crippen LogP contribution in [0.4, 0.5) is 5.69 Å². The SMILES string of the molecule is C1=C[C@@H]2c3cccc(-c4ccccc4)c3N[C@@H](c3ccccc3)[C@H]2C1. The quantitative estimate of drug-likeness (QED) is 0.555. The predicted molar refractivity (Wildman–Crippen MR) is 105 cm³/mol. The lowest BCUT2D eigenvalue weighted by Crippen LogP contribution is -2.29. The fourth-order valence-electron chi connectivity index (χ4n) is 4.47. The van der Waals surface area contributed by atoms with Gasteiger partial charge in [0.1, 0.15) is 0 Å². The molecule has 1 nitrogen and oxygen atoms in total. The van der Waals surface area contributed by atoms with Crippen molar-refractivity contribution in [1.29, 1.82) is 0 Å². The Balaban J connectivity index is 1.67. The van der Waals surface area contributed by atoms with Gasteiger partial charge in [0, 0.05) is 17.2 Å². The molecule has 0 bridgehead atoms. The Hall–Kier alpha value is -2.80. The predicted octanol–water partition coefficient (Wildman–Crippen LogP) is 6.18. The molecule has 1 heterocycles. The third kappa shape index (κ3) is 2.39. The zero-order chi connectivity index (χ0) is 16.6. The molecule has 0 aromatic heterocycles. The van der Waals surface area contributed by atoms with Gasteiger partial charge in [0.25, 0.3) is 0 Å². The maximum atomic E-state index is 3.91. The summed E-state index contributed by atoms with van der Waals surface area (Å²) in [6.07, 6.45) is 5.92. The second-order valence-electron chi connectivity index (χ2n) is 7.02. The number of nitrogens with one attached hydrogen (secondary N) is 1. The fraction of sp³-hybridized carbons (Fsp3) is 0.167. The van der Waals surface area contributed by atoms with Crippen LogP contribution in [0.1, 0.15) is 29.5 Å². The van der Waals surface area contributed by atoms with Crippen molar-refractivity contribution in [1.82, 2.24) is 0 Å². The number of anilines is 1. The molecule has 1 heteroatoms. The molecule has 0 saturated carbocycles. The Morgan fingerprint density at radius 2 is 1.52 bits per heavy atom. The highest BCUT2D eigenvalue weighted by Gasteiger charge is 2.38. The van der Waals surface area contributed by atoms with E-state index in [1.807, 2.05) is 0 Å². The van der Waals surface area contributed by atoms with Crippen LogP contribution in [0, 0.1) is 5.92 Å². The number of fused-ring (bicyclic) bond motifs is 3. The van der Waals surface area contributed by atoms with Gasteiger partial charge in [-0.1, -0.05) is 91.0 Å². The van der Waals surface area contributed by atoms with Gasteiger partial charge in [0.05, 0.1) is 6.04 Å². The minimum atomic E-state index is 0.360. The Bertz CT molecular complexity index is 911. The third-order valence-corrected chi connectivity index (χ3v) is 5.64. The first kappa shape index (κ1) is 14.5. The maximum Gasteiger partial charge on any atom is 0.0554 e. The van der Waals surface area contributed by atoms with Gasteiger partial charge < -0.3 is 5.32 Å². The zero-order valence-corrected chi connectivity index (χ0v) is 14.1. The van der Waals surface area contributed by atoms with Crippen LogP contribution in [0.3, 0.4) is 0 Å². The summed E-state index contributed by atoms with van der Waals surface area (Å²) in [5.41, 5.74) is 6.70. The van der Waals surface area contributed by atoms with E-state index >= 15 is 0 Å². The Labute approximate surface area is 149 Å². The lowest BCUT2D eigenvalue weighted by Gasteiger charge is -2.38. The van der Waals surface area contributed by atoms with Gasteiger partial charge in [0.15, 0.2) is 0 Å². The minimum absolute atomic E-state index is 0.360. The van der Waals surface area contributed by atoms with Crippen LogP contribution in [0.5, 0.6) is 0 Å². The van der Waals surface area contributed by atoms with Crippen molar-refractivity contribution in [3.63, 3.8) is 0 Å². The topological polar surface area (TPSA) is 12.0 Å². The third-order valence-electron chi connectivity index (χ3n) is 5.64. The lowest BCUT2D eigenvalue weighted by atomic mass is 9.76. The van der Waals surface area contributed by atoms with Crippen LogP contribution in [-0.4, -0.2) is 0 Å². The van der Waals surface area contributed by atoms with Crippen molar-refractivity contribution in [2.45, 2.75) is 18.4 Å². The van der Waals surface area contributed by atoms with Crippen molar-refractivity contribution < 1.29 is 0 Å². The molecule has 3 atom stereocenters. The first-order chi connectivity index (χ1) is 12.4. The summed E-state index contributed by atoms with van der Waals surface area (Å²) in [5, 5.41) is 3.91. The molecule has 122 valence electrons. The number of benzene rings is 3. The highest BCUT2D eigenvalue weighted by Crippen LogP contribution is 2.51. The fourth-order valence-corrected chi connectivity index (χ4v) is 4.47. The average Bonchev–Trinajstić information content (AvgIpc) is 3.18. The van der Waals surface area contributed by atoms with Gasteiger partial charge in [-0.25, -0.2) is 0 Å². The lowest BCUT2D eigenvalue weighted by molar-refractivity contribution is 0.426. The van der Waals surface area contributed by atoms with E-state index in [1.165, 1.54) is 27.9 Å². The molecule has 2 aliphatic rings. The highest BCUT2D eigenvalue weighted by atomic mass is 15.0. The number of rotatable bonds is 2. The zero-order valence-electron chi connectivity index (χ0n) is 14.1. The molecular weight excluding hydrogens is 302 g/mol. The molecule has 0 saturated heterocycles. The molecule has 1 aliphatic carbocycles. The summed E-state index contributed by atoms with van der Waals surface area (Å²) < 4.78 is 0. The van der Waals surface area contributed by atoms with E-state index in [0.29, 0.717) is 17.9 Å². The molecule has 1 N–H and O–H groups in total. The van der Waals surface area contributed by atoms with E-state index in [2.05, 4.69) is 96.3 Å². The van der Waals surface area contributed by atoms with Crippen LogP contribution in [0.25, 0.3) is 11.1 Å². The maximum absolute atomic E-state index is 3.91. The van der Waals surface area contributed by atoms with Gasteiger partial charge >= 0.3 is 0 Å². The van der Waals surface area contributed by atoms with Crippen LogP contribution < -0.4 is 5.32 Å². The first-order valence-corrected chi connectivity index (χ1v) is 9.08. The monoisotopic (exact) mass is 323 g/mol. The van der Waals surface area contributed by atoms with Crippen molar-refractivity contribution in [2.75, 3.05) is 5.32 Å². The summed E-state index contributed by atoms with van der Waals surface area (Å²) in [5.74, 6) is 1.10. The van der Waals surface area contributed by atoms with E-state index in [4.69, 9.17) is 0 Å². The molecule has 0 unspecified atom stereocenters. The molecular formula is C24H21N. The standard InChI is InChI=1S/C24H21N/c1-3-9-17(10-4-1)19-13-7-16-22-20-14-8-15-21(20)23(25-24(19)22)18-11-5-2-6-12-18/h1-14,16,20-21,23,25H,15H2/t20-,21-,23-/m0/s1. The van der Waals surface area contributed by atoms with E-state index in [0.717, 1.165) is 6.42 Å². The number of hydrogen-bond donors (Lipinski definition) is 1. The van der Waals surface area contributed by atoms with Crippen molar-refractivity contribution in [3.05, 3.63) is 102 Å². The Morgan fingerprint density at radius 3 is 2.32 bits per heavy atom. The van der Waals surface area contributed by atoms with Gasteiger partial charge in [-0.15, -0.1) is 0 Å². The molecule has 3 aromatic carbocycles. The van der Waals surface area contributed by atoms with Crippen molar-refractivity contribution >= 4 is 5.69 Å². The molecule has 3 aromatic rings. The minimum Gasteiger partial charge on any atom is -0.377 e. The molecule has 0 amide bonds. The van der Waals surface area contributed by atoms with Crippen LogP contribution in [0.15, 0.2) is 91.0 Å². The number of hydrogen-bond acceptors (Lipinski definition) is 1. The van der Waals surface area contributed by atoms with Crippen molar-refractivity contribution in [2.24, 2.45) is 5.92 Å². The normalized spacial score (nSPS) is 23.6. The molecule has 1 aliphatic heterocycles. The van der Waals surface area contributed by atoms with E-state index in [1.54, 1.807) is 0 Å². The Kier molecular flexibility index (Phi) is 3.45. The molecule has 5 rings (SSSR count). The van der Waals surface area contributed by atoms with Crippen molar-refractivity contribution in [3.8, 4) is 11.1 Å². The molecule has 25 heavy (non-hydrogen) atoms. The summed E-state index contributed by atoms with van der Waals surface area (Å²) in [4.78, 5) is 0. The summed E-state index contributed by atoms with van der Waals surface area (Å²) in [6, 6.07) is 28.7. The largest absolute Gasteiger partial charge is 0.377 e. The van der Waals surface area contributed by atoms with E-state index in [-0.39, 0.29) is 0 Å². The summed E-state index contributed by atoms with van der Waals surface area (Å²) in [7, 11) is 0. The highest BCUT2D eigenvalue weighted by molar-refractivity contribution is 5.82. The number of para-hydroxylation sites is 1. The summed E-state index contributed by atoms with van der Waals surface area (Å²) >= 11 is 0. The molecule has 0 radical (unpaired) electrons. The molecule has 0 fully saturated rings. The first-order valence-electron chi connectivity index (χ1n) is 9.08. The van der Waals surface area contributed by atoms with Gasteiger partial charge in [-0.2, -0.15) is 0 Å². The molecule has 0 spiro atoms. The summed E-state index contributed by atoms with van der Waals surface area (Å²) in [6.45, 7) is 0. The van der Waals surface area contributed by atoms with Gasteiger partial charge in [0.2, 0.25) is 0 Å². The van der Waals surface area contributed by atoms with Gasteiger partial charge in [-0.05, 0) is 29.0 Å². The second-order valence-corrected chi connectivity index (χ2v) is 7.02. The van der Waals surface area contributed by atoms with Crippen LogP contribution >= 0.6 is 0 Å². The Morgan fingerprint density at radius 1 is 0.760 bits per heavy atom. The van der Waals surface area contributed by atoms with Crippen LogP contribution in [-0.2, 0) is 0 Å². The number of allylic oxidation sites excluding steroid dienone is 2. The smallest absolute Gasteiger partial charge is 0.0554 e. The van der Waals surface area contributed by atoms with E-state index in [9.17, 15) is 0 Å². The van der Waals surface area contributed by atoms with E-state index < -0.39 is 0 Å². The average molecular weight is 323 g/mol.